The average molecular weight is 407 g/mol. The summed E-state index contributed by atoms with van der Waals surface area (Å²) >= 11 is 0. The van der Waals surface area contributed by atoms with Crippen LogP contribution in [0.4, 0.5) is 30.2 Å². The molecule has 0 bridgehead atoms. The number of carbonyl (C=O) groups excluding carboxylic acids is 2. The van der Waals surface area contributed by atoms with Gasteiger partial charge in [0, 0.05) is 14.1 Å². The first-order valence-electron chi connectivity index (χ1n) is 8.83. The van der Waals surface area contributed by atoms with Gasteiger partial charge < -0.3 is 15.0 Å². The number of ether oxygens (including phenoxy) is 1. The molecular weight excluding hydrogens is 387 g/mol. The quantitative estimate of drug-likeness (QED) is 0.843. The molecule has 0 aliphatic carbocycles. The molecule has 0 saturated heterocycles. The van der Waals surface area contributed by atoms with Gasteiger partial charge in [0.05, 0.1) is 22.6 Å². The van der Waals surface area contributed by atoms with Gasteiger partial charge in [-0.05, 0) is 37.3 Å². The standard InChI is InChI=1S/C20H20F3N3O3/c1-12-19(28)26(16-6-4-5-7-17(16)29-12)11-18(27)24-14-10-13(20(21,22)23)8-9-15(14)25(2)3/h4-10,12H,11H2,1-3H3,(H,24,27). The molecule has 0 aromatic heterocycles. The number of benzene rings is 2. The third kappa shape index (κ3) is 4.28. The highest BCUT2D eigenvalue weighted by molar-refractivity contribution is 6.06. The van der Waals surface area contributed by atoms with Crippen molar-refractivity contribution in [1.29, 1.82) is 0 Å². The molecule has 2 aromatic rings. The van der Waals surface area contributed by atoms with Gasteiger partial charge in [0.15, 0.2) is 6.10 Å². The van der Waals surface area contributed by atoms with Crippen molar-refractivity contribution < 1.29 is 27.5 Å². The monoisotopic (exact) mass is 407 g/mol. The van der Waals surface area contributed by atoms with Gasteiger partial charge in [0.25, 0.3) is 5.91 Å². The highest BCUT2D eigenvalue weighted by Crippen LogP contribution is 2.36. The summed E-state index contributed by atoms with van der Waals surface area (Å²) in [6, 6.07) is 9.88. The van der Waals surface area contributed by atoms with Crippen LogP contribution in [0.15, 0.2) is 42.5 Å². The van der Waals surface area contributed by atoms with Crippen LogP contribution in [0.1, 0.15) is 12.5 Å². The Morgan fingerprint density at radius 2 is 1.90 bits per heavy atom. The summed E-state index contributed by atoms with van der Waals surface area (Å²) in [5.41, 5.74) is -0.0206. The Balaban J connectivity index is 1.87. The van der Waals surface area contributed by atoms with E-state index < -0.39 is 29.7 Å². The highest BCUT2D eigenvalue weighted by atomic mass is 19.4. The Morgan fingerprint density at radius 1 is 1.21 bits per heavy atom. The van der Waals surface area contributed by atoms with E-state index in [0.717, 1.165) is 12.1 Å². The molecule has 154 valence electrons. The summed E-state index contributed by atoms with van der Waals surface area (Å²) in [5.74, 6) is -0.569. The molecule has 1 heterocycles. The van der Waals surface area contributed by atoms with Crippen molar-refractivity contribution in [3.8, 4) is 5.75 Å². The van der Waals surface area contributed by atoms with Gasteiger partial charge in [-0.2, -0.15) is 13.2 Å². The summed E-state index contributed by atoms with van der Waals surface area (Å²) in [7, 11) is 3.31. The molecule has 1 unspecified atom stereocenters. The molecule has 0 fully saturated rings. The van der Waals surface area contributed by atoms with Crippen LogP contribution in [0.3, 0.4) is 0 Å². The van der Waals surface area contributed by atoms with E-state index in [0.29, 0.717) is 17.1 Å². The number of rotatable bonds is 4. The van der Waals surface area contributed by atoms with Crippen molar-refractivity contribution in [3.05, 3.63) is 48.0 Å². The number of hydrogen-bond acceptors (Lipinski definition) is 4. The molecular formula is C20H20F3N3O3. The number of alkyl halides is 3. The minimum Gasteiger partial charge on any atom is -0.479 e. The molecule has 6 nitrogen and oxygen atoms in total. The molecule has 1 atom stereocenters. The van der Waals surface area contributed by atoms with Crippen LogP contribution >= 0.6 is 0 Å². The minimum absolute atomic E-state index is 0.0110. The number of carbonyl (C=O) groups is 2. The predicted molar refractivity (Wildman–Crippen MR) is 103 cm³/mol. The van der Waals surface area contributed by atoms with E-state index in [9.17, 15) is 22.8 Å². The van der Waals surface area contributed by atoms with E-state index in [-0.39, 0.29) is 12.2 Å². The Labute approximate surface area is 165 Å². The highest BCUT2D eigenvalue weighted by Gasteiger charge is 2.34. The van der Waals surface area contributed by atoms with Crippen molar-refractivity contribution in [2.24, 2.45) is 0 Å². The lowest BCUT2D eigenvalue weighted by Crippen LogP contribution is -2.47. The molecule has 2 amide bonds. The lowest BCUT2D eigenvalue weighted by molar-refractivity contribution is -0.137. The van der Waals surface area contributed by atoms with Gasteiger partial charge >= 0.3 is 6.18 Å². The van der Waals surface area contributed by atoms with Crippen molar-refractivity contribution in [3.63, 3.8) is 0 Å². The first-order valence-corrected chi connectivity index (χ1v) is 8.83. The average Bonchev–Trinajstić information content (AvgIpc) is 2.64. The van der Waals surface area contributed by atoms with Gasteiger partial charge in [-0.15, -0.1) is 0 Å². The SMILES string of the molecule is CC1Oc2ccccc2N(CC(=O)Nc2cc(C(F)(F)F)ccc2N(C)C)C1=O. The van der Waals surface area contributed by atoms with Gasteiger partial charge in [0.2, 0.25) is 5.91 Å². The molecule has 0 saturated carbocycles. The van der Waals surface area contributed by atoms with Gasteiger partial charge in [0.1, 0.15) is 12.3 Å². The molecule has 1 N–H and O–H groups in total. The molecule has 0 spiro atoms. The Bertz CT molecular complexity index is 944. The topological polar surface area (TPSA) is 61.9 Å². The second-order valence-corrected chi connectivity index (χ2v) is 6.82. The lowest BCUT2D eigenvalue weighted by atomic mass is 10.1. The third-order valence-electron chi connectivity index (χ3n) is 4.46. The predicted octanol–water partition coefficient (Wildman–Crippen LogP) is 3.52. The largest absolute Gasteiger partial charge is 0.479 e. The zero-order valence-electron chi connectivity index (χ0n) is 16.1. The number of nitrogens with zero attached hydrogens (tertiary/aromatic N) is 2. The van der Waals surface area contributed by atoms with E-state index in [2.05, 4.69) is 5.32 Å². The van der Waals surface area contributed by atoms with E-state index >= 15 is 0 Å². The van der Waals surface area contributed by atoms with Crippen molar-refractivity contribution in [2.75, 3.05) is 35.8 Å². The van der Waals surface area contributed by atoms with Crippen molar-refractivity contribution in [2.45, 2.75) is 19.2 Å². The van der Waals surface area contributed by atoms with Crippen molar-refractivity contribution >= 4 is 28.9 Å². The van der Waals surface area contributed by atoms with Gasteiger partial charge in [-0.25, -0.2) is 0 Å². The van der Waals surface area contributed by atoms with Crippen LogP contribution in [0, 0.1) is 0 Å². The zero-order chi connectivity index (χ0) is 21.3. The molecule has 1 aliphatic heterocycles. The van der Waals surface area contributed by atoms with Crippen LogP contribution < -0.4 is 19.9 Å². The number of anilines is 3. The molecule has 29 heavy (non-hydrogen) atoms. The second-order valence-electron chi connectivity index (χ2n) is 6.82. The number of nitrogens with one attached hydrogen (secondary N) is 1. The number of amides is 2. The van der Waals surface area contributed by atoms with Crippen LogP contribution in [-0.2, 0) is 15.8 Å². The van der Waals surface area contributed by atoms with Crippen LogP contribution in [0.2, 0.25) is 0 Å². The summed E-state index contributed by atoms with van der Waals surface area (Å²) in [6.07, 6.45) is -5.32. The fourth-order valence-corrected chi connectivity index (χ4v) is 3.06. The molecule has 9 heteroatoms. The van der Waals surface area contributed by atoms with E-state index in [1.54, 1.807) is 50.2 Å². The lowest BCUT2D eigenvalue weighted by Gasteiger charge is -2.32. The van der Waals surface area contributed by atoms with Crippen LogP contribution in [0.5, 0.6) is 5.75 Å². The maximum Gasteiger partial charge on any atom is 0.416 e. The van der Waals surface area contributed by atoms with Crippen LogP contribution in [0.25, 0.3) is 0 Å². The zero-order valence-corrected chi connectivity index (χ0v) is 16.1. The van der Waals surface area contributed by atoms with Crippen molar-refractivity contribution in [1.82, 2.24) is 0 Å². The van der Waals surface area contributed by atoms with Crippen LogP contribution in [-0.4, -0.2) is 38.6 Å². The molecule has 1 aliphatic rings. The molecule has 3 rings (SSSR count). The first-order chi connectivity index (χ1) is 13.6. The Morgan fingerprint density at radius 3 is 2.55 bits per heavy atom. The fourth-order valence-electron chi connectivity index (χ4n) is 3.06. The number of hydrogen-bond donors (Lipinski definition) is 1. The summed E-state index contributed by atoms with van der Waals surface area (Å²) in [6.45, 7) is 1.22. The van der Waals surface area contributed by atoms with Gasteiger partial charge in [-0.3, -0.25) is 14.5 Å². The van der Waals surface area contributed by atoms with E-state index in [1.807, 2.05) is 0 Å². The normalized spacial score (nSPS) is 16.1. The Hall–Kier alpha value is -3.23. The number of para-hydroxylation sites is 2. The van der Waals surface area contributed by atoms with E-state index in [4.69, 9.17) is 4.74 Å². The summed E-state index contributed by atoms with van der Waals surface area (Å²) in [5, 5.41) is 2.50. The third-order valence-corrected chi connectivity index (χ3v) is 4.46. The maximum absolute atomic E-state index is 13.1. The summed E-state index contributed by atoms with van der Waals surface area (Å²) < 4.78 is 44.8. The smallest absolute Gasteiger partial charge is 0.416 e. The second kappa shape index (κ2) is 7.65. The number of fused-ring (bicyclic) bond motifs is 1. The minimum atomic E-state index is -4.54. The maximum atomic E-state index is 13.1. The van der Waals surface area contributed by atoms with Gasteiger partial charge in [-0.1, -0.05) is 12.1 Å². The first kappa shape index (κ1) is 20.5. The fraction of sp³-hybridized carbons (Fsp3) is 0.300. The molecule has 2 aromatic carbocycles. The summed E-state index contributed by atoms with van der Waals surface area (Å²) in [4.78, 5) is 28.0. The number of halogens is 3. The Kier molecular flexibility index (Phi) is 5.41. The molecule has 0 radical (unpaired) electrons. The van der Waals surface area contributed by atoms with E-state index in [1.165, 1.54) is 11.0 Å².